The lowest BCUT2D eigenvalue weighted by molar-refractivity contribution is 0.0886. The number of aliphatic hydroxyl groups excluding tert-OH is 1. The lowest BCUT2D eigenvalue weighted by atomic mass is 10.1. The normalized spacial score (nSPS) is 18.4. The van der Waals surface area contributed by atoms with Gasteiger partial charge in [-0.15, -0.1) is 0 Å². The summed E-state index contributed by atoms with van der Waals surface area (Å²) in [4.78, 5) is 23.4. The van der Waals surface area contributed by atoms with Gasteiger partial charge in [0, 0.05) is 38.3 Å². The van der Waals surface area contributed by atoms with Gasteiger partial charge in [-0.2, -0.15) is 4.39 Å². The summed E-state index contributed by atoms with van der Waals surface area (Å²) in [5.41, 5.74) is 1.44. The van der Waals surface area contributed by atoms with E-state index in [-0.39, 0.29) is 17.1 Å². The summed E-state index contributed by atoms with van der Waals surface area (Å²) in [5.74, 6) is -2.20. The third kappa shape index (κ3) is 5.12. The van der Waals surface area contributed by atoms with Crippen LogP contribution in [0.1, 0.15) is 23.0 Å². The minimum absolute atomic E-state index is 0.167. The minimum atomic E-state index is -2.71. The number of hydrogen-bond donors (Lipinski definition) is 3. The quantitative estimate of drug-likeness (QED) is 0.435. The predicted molar refractivity (Wildman–Crippen MR) is 119 cm³/mol. The Morgan fingerprint density at radius 3 is 2.62 bits per heavy atom. The molecule has 0 saturated carbocycles. The number of alkyl halides is 2. The number of nitrogens with one attached hydrogen (secondary N) is 2. The van der Waals surface area contributed by atoms with Crippen LogP contribution in [-0.4, -0.2) is 72.0 Å². The first-order chi connectivity index (χ1) is 16.2. The summed E-state index contributed by atoms with van der Waals surface area (Å²) in [6.07, 6.45) is -3.74. The number of aromatic nitrogens is 1. The predicted octanol–water partition coefficient (Wildman–Crippen LogP) is 2.51. The fourth-order valence-corrected chi connectivity index (χ4v) is 3.89. The molecule has 2 aromatic rings. The molecule has 3 N–H and O–H groups in total. The Labute approximate surface area is 193 Å². The molecule has 3 heterocycles. The number of benzene rings is 1. The summed E-state index contributed by atoms with van der Waals surface area (Å²) < 4.78 is 54.0. The summed E-state index contributed by atoms with van der Waals surface area (Å²) in [6, 6.07) is 6.06. The second-order valence-electron chi connectivity index (χ2n) is 8.10. The van der Waals surface area contributed by atoms with Gasteiger partial charge < -0.3 is 20.6 Å². The Morgan fingerprint density at radius 1 is 1.21 bits per heavy atom. The summed E-state index contributed by atoms with van der Waals surface area (Å²) in [6.45, 7) is 3.10. The number of piperazine rings is 1. The Kier molecular flexibility index (Phi) is 6.98. The molecule has 1 fully saturated rings. The van der Waals surface area contributed by atoms with Crippen LogP contribution in [-0.2, 0) is 6.54 Å². The number of aliphatic hydroxyl groups is 1. The van der Waals surface area contributed by atoms with E-state index in [4.69, 9.17) is 0 Å². The number of hydrogen-bond acceptors (Lipinski definition) is 7. The van der Waals surface area contributed by atoms with Gasteiger partial charge in [-0.1, -0.05) is 6.07 Å². The first-order valence-electron chi connectivity index (χ1n) is 10.7. The van der Waals surface area contributed by atoms with Gasteiger partial charge in [-0.3, -0.25) is 14.7 Å². The van der Waals surface area contributed by atoms with Crippen LogP contribution in [0.3, 0.4) is 0 Å². The number of fused-ring (bicyclic) bond motifs is 1. The van der Waals surface area contributed by atoms with E-state index in [1.165, 1.54) is 12.1 Å². The zero-order chi connectivity index (χ0) is 24.4. The van der Waals surface area contributed by atoms with Crippen LogP contribution in [0.25, 0.3) is 0 Å². The van der Waals surface area contributed by atoms with Gasteiger partial charge in [0.2, 0.25) is 5.95 Å². The van der Waals surface area contributed by atoms with Gasteiger partial charge >= 0.3 is 0 Å². The highest BCUT2D eigenvalue weighted by molar-refractivity contribution is 5.95. The molecule has 182 valence electrons. The average molecular weight is 480 g/mol. The van der Waals surface area contributed by atoms with Crippen LogP contribution in [0.4, 0.5) is 34.6 Å². The molecule has 1 amide bonds. The van der Waals surface area contributed by atoms with Gasteiger partial charge in [-0.25, -0.2) is 18.2 Å². The standard InChI is InChI=1S/C22H24F4N6O2/c1-12-21(33)30-19-14(28-12)3-2-13(18(19)25)11-31-6-8-32(9-7-31)16-5-4-15(29-20(16)26)22(34)27-10-17(23)24/h2-5,17,21,30,33H,6-11H2,1H3,(H,27,34). The molecule has 12 heteroatoms. The van der Waals surface area contributed by atoms with E-state index < -0.39 is 36.9 Å². The molecule has 0 aliphatic carbocycles. The second-order valence-corrected chi connectivity index (χ2v) is 8.10. The molecule has 34 heavy (non-hydrogen) atoms. The lowest BCUT2D eigenvalue weighted by Crippen LogP contribution is -2.46. The topological polar surface area (TPSA) is 93.1 Å². The van der Waals surface area contributed by atoms with Crippen molar-refractivity contribution < 1.29 is 27.5 Å². The van der Waals surface area contributed by atoms with Crippen molar-refractivity contribution in [2.24, 2.45) is 4.99 Å². The number of anilines is 2. The van der Waals surface area contributed by atoms with Crippen molar-refractivity contribution in [2.75, 3.05) is 42.9 Å². The monoisotopic (exact) mass is 480 g/mol. The van der Waals surface area contributed by atoms with Crippen molar-refractivity contribution in [3.05, 3.63) is 47.3 Å². The number of halogens is 4. The summed E-state index contributed by atoms with van der Waals surface area (Å²) in [7, 11) is 0. The molecule has 1 aromatic carbocycles. The number of amides is 1. The first kappa shape index (κ1) is 23.9. The highest BCUT2D eigenvalue weighted by atomic mass is 19.3. The second kappa shape index (κ2) is 9.94. The molecule has 1 aromatic heterocycles. The third-order valence-electron chi connectivity index (χ3n) is 5.76. The number of aliphatic imine (C=N–C) groups is 1. The largest absolute Gasteiger partial charge is 0.368 e. The minimum Gasteiger partial charge on any atom is -0.368 e. The highest BCUT2D eigenvalue weighted by Gasteiger charge is 2.25. The Morgan fingerprint density at radius 2 is 1.94 bits per heavy atom. The SMILES string of the molecule is CC1=Nc2ccc(CN3CCN(c4ccc(C(=O)NCC(F)F)nc4F)CC3)c(F)c2NC1O. The van der Waals surface area contributed by atoms with Crippen molar-refractivity contribution >= 4 is 28.7 Å². The highest BCUT2D eigenvalue weighted by Crippen LogP contribution is 2.34. The van der Waals surface area contributed by atoms with Crippen LogP contribution < -0.4 is 15.5 Å². The van der Waals surface area contributed by atoms with Crippen molar-refractivity contribution in [2.45, 2.75) is 26.1 Å². The maximum absolute atomic E-state index is 15.0. The molecule has 2 aliphatic heterocycles. The van der Waals surface area contributed by atoms with Crippen LogP contribution in [0.5, 0.6) is 0 Å². The fraction of sp³-hybridized carbons (Fsp3) is 0.409. The molecule has 0 spiro atoms. The Bertz CT molecular complexity index is 1110. The van der Waals surface area contributed by atoms with E-state index in [1.807, 2.05) is 10.2 Å². The molecule has 8 nitrogen and oxygen atoms in total. The first-order valence-corrected chi connectivity index (χ1v) is 10.7. The summed E-state index contributed by atoms with van der Waals surface area (Å²) in [5, 5.41) is 14.6. The zero-order valence-electron chi connectivity index (χ0n) is 18.4. The van der Waals surface area contributed by atoms with E-state index in [9.17, 15) is 27.5 Å². The molecule has 0 bridgehead atoms. The third-order valence-corrected chi connectivity index (χ3v) is 5.76. The van der Waals surface area contributed by atoms with Crippen LogP contribution >= 0.6 is 0 Å². The maximum atomic E-state index is 15.0. The van der Waals surface area contributed by atoms with E-state index in [2.05, 4.69) is 15.3 Å². The number of nitrogens with zero attached hydrogens (tertiary/aromatic N) is 4. The van der Waals surface area contributed by atoms with E-state index >= 15 is 0 Å². The lowest BCUT2D eigenvalue weighted by Gasteiger charge is -2.36. The van der Waals surface area contributed by atoms with E-state index in [1.54, 1.807) is 24.0 Å². The summed E-state index contributed by atoms with van der Waals surface area (Å²) >= 11 is 0. The fourth-order valence-electron chi connectivity index (χ4n) is 3.89. The van der Waals surface area contributed by atoms with Crippen LogP contribution in [0, 0.1) is 11.8 Å². The maximum Gasteiger partial charge on any atom is 0.270 e. The number of carbonyl (C=O) groups excluding carboxylic acids is 1. The zero-order valence-corrected chi connectivity index (χ0v) is 18.4. The average Bonchev–Trinajstić information content (AvgIpc) is 2.81. The van der Waals surface area contributed by atoms with Gasteiger partial charge in [0.05, 0.1) is 29.3 Å². The van der Waals surface area contributed by atoms with Crippen molar-refractivity contribution in [3.63, 3.8) is 0 Å². The number of carbonyl (C=O) groups is 1. The van der Waals surface area contributed by atoms with Gasteiger partial charge in [0.25, 0.3) is 12.3 Å². The molecular weight excluding hydrogens is 456 g/mol. The molecule has 1 saturated heterocycles. The number of rotatable bonds is 6. The van der Waals surface area contributed by atoms with E-state index in [0.29, 0.717) is 49.7 Å². The number of pyridine rings is 1. The Hall–Kier alpha value is -3.25. The van der Waals surface area contributed by atoms with Gasteiger partial charge in [0.15, 0.2) is 12.0 Å². The van der Waals surface area contributed by atoms with Crippen molar-refractivity contribution in [1.29, 1.82) is 0 Å². The molecule has 1 atom stereocenters. The molecule has 0 radical (unpaired) electrons. The molecule has 4 rings (SSSR count). The van der Waals surface area contributed by atoms with Gasteiger partial charge in [-0.05, 0) is 25.1 Å². The van der Waals surface area contributed by atoms with Crippen molar-refractivity contribution in [3.8, 4) is 0 Å². The molecular formula is C22H24F4N6O2. The smallest absolute Gasteiger partial charge is 0.270 e. The van der Waals surface area contributed by atoms with Crippen LogP contribution in [0.15, 0.2) is 29.3 Å². The molecule has 1 unspecified atom stereocenters. The molecule has 2 aliphatic rings. The van der Waals surface area contributed by atoms with Gasteiger partial charge in [0.1, 0.15) is 5.69 Å². The van der Waals surface area contributed by atoms with Crippen molar-refractivity contribution in [1.82, 2.24) is 15.2 Å². The van der Waals surface area contributed by atoms with Crippen LogP contribution in [0.2, 0.25) is 0 Å². The Balaban J connectivity index is 1.37. The van der Waals surface area contributed by atoms with E-state index in [0.717, 1.165) is 0 Å².